The van der Waals surface area contributed by atoms with E-state index in [9.17, 15) is 14.4 Å². The van der Waals surface area contributed by atoms with Crippen LogP contribution in [0.15, 0.2) is 30.3 Å². The maximum atomic E-state index is 12.5. The molecule has 3 rings (SSSR count). The normalized spacial score (nSPS) is 13.0. The molecule has 1 aliphatic rings. The first-order valence-electron chi connectivity index (χ1n) is 7.83. The van der Waals surface area contributed by atoms with Gasteiger partial charge >= 0.3 is 5.97 Å². The molecular weight excluding hydrogens is 358 g/mol. The molecule has 0 fully saturated rings. The van der Waals surface area contributed by atoms with Crippen molar-refractivity contribution in [3.05, 3.63) is 57.6 Å². The van der Waals surface area contributed by atoms with Crippen molar-refractivity contribution in [3.63, 3.8) is 0 Å². The van der Waals surface area contributed by atoms with Crippen LogP contribution in [-0.2, 0) is 9.53 Å². The third-order valence-corrected chi connectivity index (χ3v) is 4.32. The average Bonchev–Trinajstić information content (AvgIpc) is 2.82. The number of nitrogens with zero attached hydrogens (tertiary/aromatic N) is 1. The Balaban J connectivity index is 1.91. The molecule has 1 heterocycles. The van der Waals surface area contributed by atoms with E-state index in [0.29, 0.717) is 16.5 Å². The number of carbonyl (C=O) groups is 3. The van der Waals surface area contributed by atoms with Crippen LogP contribution >= 0.6 is 11.6 Å². The molecule has 0 spiro atoms. The Kier molecular flexibility index (Phi) is 4.70. The van der Waals surface area contributed by atoms with Gasteiger partial charge in [-0.25, -0.2) is 0 Å². The number of hydrogen-bond acceptors (Lipinski definition) is 5. The Morgan fingerprint density at radius 1 is 1.04 bits per heavy atom. The highest BCUT2D eigenvalue weighted by molar-refractivity contribution is 6.30. The molecule has 134 valence electrons. The van der Waals surface area contributed by atoms with Crippen molar-refractivity contribution in [3.8, 4) is 11.5 Å². The minimum absolute atomic E-state index is 0.195. The molecule has 0 bridgehead atoms. The SMILES string of the molecule is COC(=O)CN1C(=O)c2ccc(Oc3c(C)cc(Cl)cc3C)cc2C1=O. The lowest BCUT2D eigenvalue weighted by atomic mass is 10.1. The highest BCUT2D eigenvalue weighted by atomic mass is 35.5. The van der Waals surface area contributed by atoms with E-state index in [2.05, 4.69) is 4.74 Å². The maximum Gasteiger partial charge on any atom is 0.325 e. The van der Waals surface area contributed by atoms with Gasteiger partial charge in [-0.3, -0.25) is 19.3 Å². The number of halogens is 1. The highest BCUT2D eigenvalue weighted by Gasteiger charge is 2.37. The van der Waals surface area contributed by atoms with Crippen LogP contribution in [0.5, 0.6) is 11.5 Å². The zero-order valence-corrected chi connectivity index (χ0v) is 15.2. The molecule has 0 atom stereocenters. The molecule has 2 aromatic carbocycles. The van der Waals surface area contributed by atoms with E-state index in [1.807, 2.05) is 13.8 Å². The van der Waals surface area contributed by atoms with Crippen molar-refractivity contribution in [2.24, 2.45) is 0 Å². The number of aryl methyl sites for hydroxylation is 2. The number of methoxy groups -OCH3 is 1. The van der Waals surface area contributed by atoms with Crippen LogP contribution in [0.3, 0.4) is 0 Å². The quantitative estimate of drug-likeness (QED) is 0.605. The first kappa shape index (κ1) is 17.9. The zero-order chi connectivity index (χ0) is 19.0. The number of hydrogen-bond donors (Lipinski definition) is 0. The van der Waals surface area contributed by atoms with E-state index >= 15 is 0 Å². The molecule has 0 N–H and O–H groups in total. The summed E-state index contributed by atoms with van der Waals surface area (Å²) in [6, 6.07) is 8.19. The van der Waals surface area contributed by atoms with Crippen molar-refractivity contribution in [2.45, 2.75) is 13.8 Å². The summed E-state index contributed by atoms with van der Waals surface area (Å²) in [5.41, 5.74) is 2.13. The minimum atomic E-state index is -0.664. The number of fused-ring (bicyclic) bond motifs is 1. The van der Waals surface area contributed by atoms with Crippen molar-refractivity contribution < 1.29 is 23.9 Å². The molecule has 2 aromatic rings. The second-order valence-corrected chi connectivity index (χ2v) is 6.39. The average molecular weight is 374 g/mol. The lowest BCUT2D eigenvalue weighted by molar-refractivity contribution is -0.140. The van der Waals surface area contributed by atoms with Gasteiger partial charge < -0.3 is 9.47 Å². The van der Waals surface area contributed by atoms with Gasteiger partial charge in [0.05, 0.1) is 18.2 Å². The molecule has 0 radical (unpaired) electrons. The summed E-state index contributed by atoms with van der Waals surface area (Å²) < 4.78 is 10.4. The first-order valence-corrected chi connectivity index (χ1v) is 8.21. The molecule has 7 heteroatoms. The van der Waals surface area contributed by atoms with Crippen LogP contribution < -0.4 is 4.74 Å². The Labute approximate surface area is 155 Å². The van der Waals surface area contributed by atoms with Crippen molar-refractivity contribution in [1.29, 1.82) is 0 Å². The fourth-order valence-electron chi connectivity index (χ4n) is 2.85. The number of benzene rings is 2. The zero-order valence-electron chi connectivity index (χ0n) is 14.5. The third-order valence-electron chi connectivity index (χ3n) is 4.10. The van der Waals surface area contributed by atoms with Gasteiger partial charge in [0.25, 0.3) is 11.8 Å². The van der Waals surface area contributed by atoms with Crippen LogP contribution in [0.25, 0.3) is 0 Å². The fraction of sp³-hybridized carbons (Fsp3) is 0.211. The highest BCUT2D eigenvalue weighted by Crippen LogP contribution is 2.33. The van der Waals surface area contributed by atoms with Crippen LogP contribution in [0.2, 0.25) is 5.02 Å². The Bertz CT molecular complexity index is 915. The lowest BCUT2D eigenvalue weighted by Crippen LogP contribution is -2.35. The third kappa shape index (κ3) is 3.15. The van der Waals surface area contributed by atoms with Gasteiger partial charge in [0.2, 0.25) is 0 Å². The summed E-state index contributed by atoms with van der Waals surface area (Å²) in [4.78, 5) is 37.1. The maximum absolute atomic E-state index is 12.5. The van der Waals surface area contributed by atoms with Crippen molar-refractivity contribution in [2.75, 3.05) is 13.7 Å². The summed E-state index contributed by atoms with van der Waals surface area (Å²) in [5, 5.41) is 0.612. The van der Waals surface area contributed by atoms with Gasteiger partial charge in [-0.2, -0.15) is 0 Å². The fourth-order valence-corrected chi connectivity index (χ4v) is 3.17. The standard InChI is InChI=1S/C19H16ClNO5/c1-10-6-12(20)7-11(2)17(10)26-13-4-5-14-15(8-13)19(24)21(18(14)23)9-16(22)25-3/h4-8H,9H2,1-3H3. The molecule has 0 aliphatic carbocycles. The molecule has 26 heavy (non-hydrogen) atoms. The second-order valence-electron chi connectivity index (χ2n) is 5.95. The molecule has 6 nitrogen and oxygen atoms in total. The molecular formula is C19H16ClNO5. The van der Waals surface area contributed by atoms with Gasteiger partial charge in [0.15, 0.2) is 0 Å². The van der Waals surface area contributed by atoms with E-state index in [4.69, 9.17) is 16.3 Å². The van der Waals surface area contributed by atoms with Gasteiger partial charge in [0.1, 0.15) is 18.0 Å². The smallest absolute Gasteiger partial charge is 0.325 e. The first-order chi connectivity index (χ1) is 12.3. The summed E-state index contributed by atoms with van der Waals surface area (Å²) in [6.07, 6.45) is 0. The molecule has 1 aliphatic heterocycles. The van der Waals surface area contributed by atoms with E-state index in [0.717, 1.165) is 16.0 Å². The van der Waals surface area contributed by atoms with E-state index < -0.39 is 24.3 Å². The van der Waals surface area contributed by atoms with Crippen LogP contribution in [-0.4, -0.2) is 36.3 Å². The Hall–Kier alpha value is -2.86. The minimum Gasteiger partial charge on any atom is -0.468 e. The van der Waals surface area contributed by atoms with Gasteiger partial charge in [0, 0.05) is 5.02 Å². The summed E-state index contributed by atoms with van der Waals surface area (Å²) >= 11 is 6.03. The summed E-state index contributed by atoms with van der Waals surface area (Å²) in [6.45, 7) is 3.32. The number of rotatable bonds is 4. The van der Waals surface area contributed by atoms with Crippen LogP contribution in [0.1, 0.15) is 31.8 Å². The topological polar surface area (TPSA) is 72.9 Å². The van der Waals surface area contributed by atoms with E-state index in [1.165, 1.54) is 19.2 Å². The van der Waals surface area contributed by atoms with Crippen LogP contribution in [0, 0.1) is 13.8 Å². The summed E-state index contributed by atoms with van der Waals surface area (Å²) in [7, 11) is 1.20. The lowest BCUT2D eigenvalue weighted by Gasteiger charge is -2.13. The number of ether oxygens (including phenoxy) is 2. The van der Waals surface area contributed by atoms with Gasteiger partial charge in [-0.05, 0) is 55.3 Å². The van der Waals surface area contributed by atoms with Gasteiger partial charge in [-0.1, -0.05) is 11.6 Å². The summed E-state index contributed by atoms with van der Waals surface area (Å²) in [5.74, 6) is -0.689. The predicted octanol–water partition coefficient (Wildman–Crippen LogP) is 3.52. The Morgan fingerprint density at radius 2 is 1.65 bits per heavy atom. The largest absolute Gasteiger partial charge is 0.468 e. The number of amides is 2. The predicted molar refractivity (Wildman–Crippen MR) is 94.8 cm³/mol. The van der Waals surface area contributed by atoms with E-state index in [-0.39, 0.29) is 11.1 Å². The molecule has 0 aromatic heterocycles. The van der Waals surface area contributed by atoms with Crippen molar-refractivity contribution in [1.82, 2.24) is 4.90 Å². The van der Waals surface area contributed by atoms with Crippen molar-refractivity contribution >= 4 is 29.4 Å². The number of carbonyl (C=O) groups excluding carboxylic acids is 3. The van der Waals surface area contributed by atoms with E-state index in [1.54, 1.807) is 18.2 Å². The number of imide groups is 1. The Morgan fingerprint density at radius 3 is 2.27 bits per heavy atom. The molecule has 0 saturated carbocycles. The second kappa shape index (κ2) is 6.80. The molecule has 0 unspecified atom stereocenters. The van der Waals surface area contributed by atoms with Gasteiger partial charge in [-0.15, -0.1) is 0 Å². The number of esters is 1. The molecule has 2 amide bonds. The molecule has 0 saturated heterocycles. The monoisotopic (exact) mass is 373 g/mol. The van der Waals surface area contributed by atoms with Crippen LogP contribution in [0.4, 0.5) is 0 Å².